The van der Waals surface area contributed by atoms with Crippen molar-refractivity contribution in [1.29, 1.82) is 0 Å². The Kier molecular flexibility index (Phi) is 3.22. The van der Waals surface area contributed by atoms with Gasteiger partial charge in [-0.05, 0) is 37.3 Å². The molecule has 1 aliphatic carbocycles. The van der Waals surface area contributed by atoms with Crippen LogP contribution in [0.4, 0.5) is 4.39 Å². The third kappa shape index (κ3) is 2.40. The summed E-state index contributed by atoms with van der Waals surface area (Å²) < 4.78 is 13.3. The Morgan fingerprint density at radius 1 is 1.38 bits per heavy atom. The third-order valence-electron chi connectivity index (χ3n) is 3.15. The lowest BCUT2D eigenvalue weighted by molar-refractivity contribution is 0.0933. The van der Waals surface area contributed by atoms with Crippen molar-refractivity contribution in [2.75, 3.05) is 0 Å². The Balaban J connectivity index is 2.01. The van der Waals surface area contributed by atoms with Gasteiger partial charge in [0.05, 0.1) is 5.56 Å². The van der Waals surface area contributed by atoms with Crippen LogP contribution in [0, 0.1) is 11.7 Å². The molecule has 16 heavy (non-hydrogen) atoms. The third-order valence-corrected chi connectivity index (χ3v) is 3.15. The van der Waals surface area contributed by atoms with Gasteiger partial charge in [-0.15, -0.1) is 0 Å². The molecule has 1 N–H and O–H groups in total. The van der Waals surface area contributed by atoms with E-state index in [9.17, 15) is 9.18 Å². The molecular weight excluding hydrogens is 205 g/mol. The molecule has 0 aromatic heterocycles. The lowest BCUT2D eigenvalue weighted by Gasteiger charge is -2.12. The molecule has 0 bridgehead atoms. The quantitative estimate of drug-likeness (QED) is 0.817. The van der Waals surface area contributed by atoms with E-state index in [0.29, 0.717) is 5.92 Å². The first-order chi connectivity index (χ1) is 7.66. The molecule has 3 heteroatoms. The van der Waals surface area contributed by atoms with E-state index >= 15 is 0 Å². The molecule has 0 heterocycles. The van der Waals surface area contributed by atoms with E-state index < -0.39 is 5.82 Å². The van der Waals surface area contributed by atoms with E-state index in [4.69, 9.17) is 0 Å². The molecule has 2 atom stereocenters. The first kappa shape index (κ1) is 11.1. The summed E-state index contributed by atoms with van der Waals surface area (Å²) in [4.78, 5) is 11.8. The number of amides is 1. The van der Waals surface area contributed by atoms with E-state index in [1.54, 1.807) is 12.1 Å². The van der Waals surface area contributed by atoms with E-state index in [0.717, 1.165) is 19.3 Å². The van der Waals surface area contributed by atoms with Crippen LogP contribution in [0.3, 0.4) is 0 Å². The second-order valence-corrected chi connectivity index (χ2v) is 4.57. The van der Waals surface area contributed by atoms with Crippen molar-refractivity contribution in [1.82, 2.24) is 5.32 Å². The van der Waals surface area contributed by atoms with Gasteiger partial charge in [0.2, 0.25) is 0 Å². The number of benzene rings is 1. The molecular formula is C13H16FNO. The van der Waals surface area contributed by atoms with E-state index in [2.05, 4.69) is 12.2 Å². The summed E-state index contributed by atoms with van der Waals surface area (Å²) in [5, 5.41) is 2.89. The molecule has 1 aromatic carbocycles. The van der Waals surface area contributed by atoms with Crippen LogP contribution in [0.5, 0.6) is 0 Å². The maximum absolute atomic E-state index is 13.3. The SMILES string of the molecule is CC1CCC(NC(=O)c2ccccc2F)C1. The molecule has 0 spiro atoms. The Hall–Kier alpha value is -1.38. The summed E-state index contributed by atoms with van der Waals surface area (Å²) in [5.41, 5.74) is 0.141. The highest BCUT2D eigenvalue weighted by molar-refractivity contribution is 5.94. The van der Waals surface area contributed by atoms with Crippen molar-refractivity contribution in [2.45, 2.75) is 32.2 Å². The average molecular weight is 221 g/mol. The van der Waals surface area contributed by atoms with Gasteiger partial charge in [-0.2, -0.15) is 0 Å². The second kappa shape index (κ2) is 4.64. The normalized spacial score (nSPS) is 24.4. The van der Waals surface area contributed by atoms with Crippen LogP contribution >= 0.6 is 0 Å². The van der Waals surface area contributed by atoms with Gasteiger partial charge >= 0.3 is 0 Å². The number of carbonyl (C=O) groups excluding carboxylic acids is 1. The predicted octanol–water partition coefficient (Wildman–Crippen LogP) is 2.74. The molecule has 86 valence electrons. The lowest BCUT2D eigenvalue weighted by atomic mass is 10.1. The van der Waals surface area contributed by atoms with Crippen molar-refractivity contribution in [3.05, 3.63) is 35.6 Å². The maximum atomic E-state index is 13.3. The van der Waals surface area contributed by atoms with Crippen molar-refractivity contribution in [3.63, 3.8) is 0 Å². The van der Waals surface area contributed by atoms with E-state index in [1.807, 2.05) is 0 Å². The topological polar surface area (TPSA) is 29.1 Å². The van der Waals surface area contributed by atoms with E-state index in [1.165, 1.54) is 12.1 Å². The molecule has 2 rings (SSSR count). The van der Waals surface area contributed by atoms with Gasteiger partial charge in [-0.3, -0.25) is 4.79 Å². The minimum atomic E-state index is -0.453. The summed E-state index contributed by atoms with van der Waals surface area (Å²) >= 11 is 0. The fraction of sp³-hybridized carbons (Fsp3) is 0.462. The van der Waals surface area contributed by atoms with Gasteiger partial charge in [-0.25, -0.2) is 4.39 Å². The highest BCUT2D eigenvalue weighted by Gasteiger charge is 2.23. The predicted molar refractivity (Wildman–Crippen MR) is 60.7 cm³/mol. The number of hydrogen-bond donors (Lipinski definition) is 1. The van der Waals surface area contributed by atoms with Crippen LogP contribution < -0.4 is 5.32 Å². The molecule has 0 saturated heterocycles. The Morgan fingerprint density at radius 2 is 2.12 bits per heavy atom. The van der Waals surface area contributed by atoms with Gasteiger partial charge in [0, 0.05) is 6.04 Å². The molecule has 0 aliphatic heterocycles. The van der Waals surface area contributed by atoms with Gasteiger partial charge < -0.3 is 5.32 Å². The van der Waals surface area contributed by atoms with Crippen molar-refractivity contribution in [2.24, 2.45) is 5.92 Å². The molecule has 1 fully saturated rings. The standard InChI is InChI=1S/C13H16FNO/c1-9-6-7-10(8-9)15-13(16)11-4-2-3-5-12(11)14/h2-5,9-10H,6-8H2,1H3,(H,15,16). The molecule has 1 aromatic rings. The van der Waals surface area contributed by atoms with Crippen LogP contribution in [0.1, 0.15) is 36.5 Å². The zero-order valence-corrected chi connectivity index (χ0v) is 9.37. The van der Waals surface area contributed by atoms with Gasteiger partial charge in [0.15, 0.2) is 0 Å². The molecule has 1 aliphatic rings. The van der Waals surface area contributed by atoms with Crippen molar-refractivity contribution in [3.8, 4) is 0 Å². The zero-order valence-electron chi connectivity index (χ0n) is 9.37. The van der Waals surface area contributed by atoms with Crippen molar-refractivity contribution < 1.29 is 9.18 Å². The summed E-state index contributed by atoms with van der Waals surface area (Å²) in [7, 11) is 0. The summed E-state index contributed by atoms with van der Waals surface area (Å²) in [6.07, 6.45) is 3.14. The molecule has 2 unspecified atom stereocenters. The summed E-state index contributed by atoms with van der Waals surface area (Å²) in [6.45, 7) is 2.18. The number of hydrogen-bond acceptors (Lipinski definition) is 1. The second-order valence-electron chi connectivity index (χ2n) is 4.57. The molecule has 1 saturated carbocycles. The Morgan fingerprint density at radius 3 is 2.75 bits per heavy atom. The molecule has 0 radical (unpaired) electrons. The monoisotopic (exact) mass is 221 g/mol. The largest absolute Gasteiger partial charge is 0.349 e. The summed E-state index contributed by atoms with van der Waals surface area (Å²) in [5.74, 6) is -0.0887. The molecule has 2 nitrogen and oxygen atoms in total. The Labute approximate surface area is 94.9 Å². The summed E-state index contributed by atoms with van der Waals surface area (Å²) in [6, 6.07) is 6.30. The van der Waals surface area contributed by atoms with Crippen molar-refractivity contribution >= 4 is 5.91 Å². The minimum absolute atomic E-state index is 0.141. The smallest absolute Gasteiger partial charge is 0.254 e. The van der Waals surface area contributed by atoms with Crippen LogP contribution in [-0.2, 0) is 0 Å². The van der Waals surface area contributed by atoms with Crippen LogP contribution in [0.15, 0.2) is 24.3 Å². The fourth-order valence-corrected chi connectivity index (χ4v) is 2.25. The first-order valence-corrected chi connectivity index (χ1v) is 5.72. The molecule has 1 amide bonds. The highest BCUT2D eigenvalue weighted by atomic mass is 19.1. The van der Waals surface area contributed by atoms with E-state index in [-0.39, 0.29) is 17.5 Å². The van der Waals surface area contributed by atoms with Gasteiger partial charge in [0.1, 0.15) is 5.82 Å². The van der Waals surface area contributed by atoms with Gasteiger partial charge in [0.25, 0.3) is 5.91 Å². The van der Waals surface area contributed by atoms with Crippen LogP contribution in [0.2, 0.25) is 0 Å². The number of carbonyl (C=O) groups is 1. The lowest BCUT2D eigenvalue weighted by Crippen LogP contribution is -2.33. The Bertz CT molecular complexity index is 391. The first-order valence-electron chi connectivity index (χ1n) is 5.72. The number of nitrogens with one attached hydrogen (secondary N) is 1. The maximum Gasteiger partial charge on any atom is 0.254 e. The minimum Gasteiger partial charge on any atom is -0.349 e. The average Bonchev–Trinajstić information content (AvgIpc) is 2.64. The number of halogens is 1. The van der Waals surface area contributed by atoms with Gasteiger partial charge in [-0.1, -0.05) is 19.1 Å². The fourth-order valence-electron chi connectivity index (χ4n) is 2.25. The van der Waals surface area contributed by atoms with Crippen LogP contribution in [0.25, 0.3) is 0 Å². The van der Waals surface area contributed by atoms with Crippen LogP contribution in [-0.4, -0.2) is 11.9 Å². The highest BCUT2D eigenvalue weighted by Crippen LogP contribution is 2.24. The zero-order chi connectivity index (χ0) is 11.5. The number of rotatable bonds is 2.